The fourth-order valence-electron chi connectivity index (χ4n) is 4.16. The number of fused-ring (bicyclic) bond motifs is 3. The quantitative estimate of drug-likeness (QED) is 0.787. The van der Waals surface area contributed by atoms with E-state index in [2.05, 4.69) is 20.5 Å². The molecule has 3 heterocycles. The zero-order valence-corrected chi connectivity index (χ0v) is 16.6. The lowest BCUT2D eigenvalue weighted by Crippen LogP contribution is -2.44. The number of amides is 2. The Balaban J connectivity index is 1.57. The zero-order chi connectivity index (χ0) is 20.9. The van der Waals surface area contributed by atoms with Gasteiger partial charge in [0.1, 0.15) is 18.2 Å². The second-order valence-corrected chi connectivity index (χ2v) is 7.67. The highest BCUT2D eigenvalue weighted by molar-refractivity contribution is 5.97. The van der Waals surface area contributed by atoms with Crippen LogP contribution >= 0.6 is 0 Å². The summed E-state index contributed by atoms with van der Waals surface area (Å²) in [6, 6.07) is 7.97. The van der Waals surface area contributed by atoms with E-state index in [4.69, 9.17) is 4.74 Å². The van der Waals surface area contributed by atoms with Gasteiger partial charge in [-0.05, 0) is 48.7 Å². The maximum absolute atomic E-state index is 13.7. The van der Waals surface area contributed by atoms with Crippen molar-refractivity contribution in [1.29, 1.82) is 0 Å². The number of pyridine rings is 1. The van der Waals surface area contributed by atoms with Crippen LogP contribution in [-0.2, 0) is 11.3 Å². The highest BCUT2D eigenvalue weighted by Gasteiger charge is 2.35. The number of carbonyl (C=O) groups excluding carboxylic acids is 2. The fourth-order valence-corrected chi connectivity index (χ4v) is 4.16. The average Bonchev–Trinajstić information content (AvgIpc) is 3.11. The van der Waals surface area contributed by atoms with Crippen LogP contribution < -0.4 is 15.4 Å². The van der Waals surface area contributed by atoms with Crippen molar-refractivity contribution in [3.63, 3.8) is 0 Å². The zero-order valence-electron chi connectivity index (χ0n) is 16.6. The van der Waals surface area contributed by atoms with Gasteiger partial charge in [0.15, 0.2) is 0 Å². The molecule has 2 aromatic rings. The number of nitrogens with one attached hydrogen (secondary N) is 2. The number of carbonyl (C=O) groups is 2. The Bertz CT molecular complexity index is 909. The predicted molar refractivity (Wildman–Crippen MR) is 108 cm³/mol. The summed E-state index contributed by atoms with van der Waals surface area (Å²) in [6.07, 6.45) is 5.65. The Morgan fingerprint density at radius 3 is 2.73 bits per heavy atom. The van der Waals surface area contributed by atoms with Crippen LogP contribution in [0.25, 0.3) is 0 Å². The van der Waals surface area contributed by atoms with Crippen LogP contribution in [0, 0.1) is 5.82 Å². The van der Waals surface area contributed by atoms with Crippen LogP contribution in [0.15, 0.2) is 42.7 Å². The van der Waals surface area contributed by atoms with Crippen LogP contribution in [0.4, 0.5) is 4.39 Å². The van der Waals surface area contributed by atoms with E-state index in [1.54, 1.807) is 12.4 Å². The Morgan fingerprint density at radius 2 is 1.90 bits per heavy atom. The van der Waals surface area contributed by atoms with E-state index in [0.29, 0.717) is 31.8 Å². The standard InChI is InChI=1S/C22H25FN4O3/c23-16-1-4-20-19(11-16)22(29)26-13-18-3-2-17(12-21(28)25-9-10-30-20)27(18)14-15-5-7-24-8-6-15/h1,4-8,11,17-18H,2-3,9-10,12-14H2,(H,25,28)(H,26,29)/t17-,18+/m0/s1. The summed E-state index contributed by atoms with van der Waals surface area (Å²) in [7, 11) is 0. The SMILES string of the molecule is O=C1C[C@@H]2CC[C@H](CNC(=O)c3cc(F)ccc3OCCN1)N2Cc1ccncc1. The molecule has 0 unspecified atom stereocenters. The van der Waals surface area contributed by atoms with Gasteiger partial charge < -0.3 is 15.4 Å². The first-order chi connectivity index (χ1) is 14.6. The third-order valence-electron chi connectivity index (χ3n) is 5.67. The predicted octanol–water partition coefficient (Wildman–Crippen LogP) is 1.88. The number of nitrogens with zero attached hydrogens (tertiary/aromatic N) is 2. The van der Waals surface area contributed by atoms with E-state index < -0.39 is 5.82 Å². The Hall–Kier alpha value is -3.00. The minimum absolute atomic E-state index is 0.0237. The molecule has 2 aliphatic rings. The largest absolute Gasteiger partial charge is 0.491 e. The molecule has 0 spiro atoms. The van der Waals surface area contributed by atoms with Gasteiger partial charge in [-0.1, -0.05) is 0 Å². The lowest BCUT2D eigenvalue weighted by Gasteiger charge is -2.30. The first-order valence-corrected chi connectivity index (χ1v) is 10.2. The van der Waals surface area contributed by atoms with Crippen molar-refractivity contribution in [2.45, 2.75) is 37.9 Å². The summed E-state index contributed by atoms with van der Waals surface area (Å²) >= 11 is 0. The molecule has 30 heavy (non-hydrogen) atoms. The van der Waals surface area contributed by atoms with Crippen LogP contribution in [0.1, 0.15) is 35.2 Å². The van der Waals surface area contributed by atoms with Crippen molar-refractivity contribution in [2.75, 3.05) is 19.7 Å². The monoisotopic (exact) mass is 412 g/mol. The Morgan fingerprint density at radius 1 is 1.10 bits per heavy atom. The van der Waals surface area contributed by atoms with Crippen molar-refractivity contribution >= 4 is 11.8 Å². The minimum Gasteiger partial charge on any atom is -0.491 e. The van der Waals surface area contributed by atoms with Crippen LogP contribution in [0.5, 0.6) is 5.75 Å². The maximum Gasteiger partial charge on any atom is 0.255 e. The number of halogens is 1. The third-order valence-corrected chi connectivity index (χ3v) is 5.67. The summed E-state index contributed by atoms with van der Waals surface area (Å²) in [5.74, 6) is -0.581. The molecule has 158 valence electrons. The molecule has 2 aliphatic heterocycles. The van der Waals surface area contributed by atoms with Crippen molar-refractivity contribution in [2.24, 2.45) is 0 Å². The number of aromatic nitrogens is 1. The molecule has 2 atom stereocenters. The van der Waals surface area contributed by atoms with E-state index in [-0.39, 0.29) is 36.1 Å². The maximum atomic E-state index is 13.7. The summed E-state index contributed by atoms with van der Waals surface area (Å²) in [5.41, 5.74) is 1.27. The van der Waals surface area contributed by atoms with Gasteiger partial charge in [0.05, 0.1) is 12.1 Å². The smallest absolute Gasteiger partial charge is 0.255 e. The van der Waals surface area contributed by atoms with E-state index in [1.807, 2.05) is 12.1 Å². The molecule has 1 aromatic carbocycles. The molecule has 0 saturated carbocycles. The minimum atomic E-state index is -0.498. The summed E-state index contributed by atoms with van der Waals surface area (Å²) in [4.78, 5) is 31.6. The van der Waals surface area contributed by atoms with Gasteiger partial charge in [0, 0.05) is 44.0 Å². The van der Waals surface area contributed by atoms with Gasteiger partial charge in [-0.3, -0.25) is 19.5 Å². The molecular weight excluding hydrogens is 387 g/mol. The van der Waals surface area contributed by atoms with E-state index in [9.17, 15) is 14.0 Å². The fraction of sp³-hybridized carbons (Fsp3) is 0.409. The molecule has 2 bridgehead atoms. The number of hydrogen-bond acceptors (Lipinski definition) is 5. The Kier molecular flexibility index (Phi) is 6.23. The molecule has 7 nitrogen and oxygen atoms in total. The van der Waals surface area contributed by atoms with Crippen LogP contribution in [0.3, 0.4) is 0 Å². The molecule has 2 N–H and O–H groups in total. The molecular formula is C22H25FN4O3. The molecule has 0 radical (unpaired) electrons. The second-order valence-electron chi connectivity index (χ2n) is 7.67. The van der Waals surface area contributed by atoms with E-state index in [1.165, 1.54) is 18.2 Å². The number of hydrogen-bond donors (Lipinski definition) is 2. The molecule has 8 heteroatoms. The summed E-state index contributed by atoms with van der Waals surface area (Å²) in [5, 5.41) is 5.82. The number of rotatable bonds is 2. The van der Waals surface area contributed by atoms with Gasteiger partial charge in [-0.25, -0.2) is 4.39 Å². The average molecular weight is 412 g/mol. The number of benzene rings is 1. The van der Waals surface area contributed by atoms with Crippen molar-refractivity contribution < 1.29 is 18.7 Å². The highest BCUT2D eigenvalue weighted by Crippen LogP contribution is 2.28. The summed E-state index contributed by atoms with van der Waals surface area (Å²) in [6.45, 7) is 1.61. The van der Waals surface area contributed by atoms with Crippen LogP contribution in [-0.4, -0.2) is 53.5 Å². The van der Waals surface area contributed by atoms with Crippen molar-refractivity contribution in [3.8, 4) is 5.75 Å². The third kappa shape index (κ3) is 4.76. The van der Waals surface area contributed by atoms with E-state index >= 15 is 0 Å². The van der Waals surface area contributed by atoms with Crippen molar-refractivity contribution in [1.82, 2.24) is 20.5 Å². The normalized spacial score (nSPS) is 23.0. The van der Waals surface area contributed by atoms with Gasteiger partial charge in [-0.2, -0.15) is 0 Å². The van der Waals surface area contributed by atoms with Gasteiger partial charge in [0.2, 0.25) is 5.91 Å². The molecule has 1 saturated heterocycles. The van der Waals surface area contributed by atoms with Gasteiger partial charge in [-0.15, -0.1) is 0 Å². The summed E-state index contributed by atoms with van der Waals surface area (Å²) < 4.78 is 19.4. The van der Waals surface area contributed by atoms with Crippen molar-refractivity contribution in [3.05, 3.63) is 59.7 Å². The Labute approximate surface area is 174 Å². The molecule has 1 fully saturated rings. The molecule has 1 aromatic heterocycles. The lowest BCUT2D eigenvalue weighted by molar-refractivity contribution is -0.122. The molecule has 4 rings (SSSR count). The van der Waals surface area contributed by atoms with Gasteiger partial charge >= 0.3 is 0 Å². The molecule has 2 amide bonds. The second kappa shape index (κ2) is 9.21. The number of ether oxygens (including phenoxy) is 1. The van der Waals surface area contributed by atoms with Gasteiger partial charge in [0.25, 0.3) is 5.91 Å². The topological polar surface area (TPSA) is 83.6 Å². The highest BCUT2D eigenvalue weighted by atomic mass is 19.1. The van der Waals surface area contributed by atoms with Crippen LogP contribution in [0.2, 0.25) is 0 Å². The lowest BCUT2D eigenvalue weighted by atomic mass is 10.1. The first kappa shape index (κ1) is 20.3. The van der Waals surface area contributed by atoms with E-state index in [0.717, 1.165) is 18.4 Å². The molecule has 0 aliphatic carbocycles. The first-order valence-electron chi connectivity index (χ1n) is 10.2.